The molecule has 5 heavy (non-hydrogen) atoms. The summed E-state index contributed by atoms with van der Waals surface area (Å²) in [6.45, 7) is 5.72. The summed E-state index contributed by atoms with van der Waals surface area (Å²) < 4.78 is 0. The molecule has 0 saturated carbocycles. The smallest absolute Gasteiger partial charge is 0 e. The Morgan fingerprint density at radius 3 is 1.80 bits per heavy atom. The predicted octanol–water partition coefficient (Wildman–Crippen LogP) is 1.62. The number of rotatable bonds is 1. The van der Waals surface area contributed by atoms with Crippen molar-refractivity contribution in [2.24, 2.45) is 0 Å². The summed E-state index contributed by atoms with van der Waals surface area (Å²) in [4.78, 5) is 0. The summed E-state index contributed by atoms with van der Waals surface area (Å²) in [5.41, 5.74) is 0. The molecule has 30 valence electrons. The average molecular weight is 148 g/mol. The second-order valence-electron chi connectivity index (χ2n) is 0.854. The molecule has 0 aromatic heterocycles. The second kappa shape index (κ2) is 8.86. The van der Waals surface area contributed by atoms with Gasteiger partial charge in [-0.05, 0) is 0 Å². The van der Waals surface area contributed by atoms with Crippen molar-refractivity contribution < 1.29 is 26.2 Å². The van der Waals surface area contributed by atoms with E-state index in [1.165, 1.54) is 6.42 Å². The van der Waals surface area contributed by atoms with Gasteiger partial charge >= 0.3 is 0 Å². The minimum atomic E-state index is 0. The van der Waals surface area contributed by atoms with E-state index >= 15 is 0 Å². The maximum Gasteiger partial charge on any atom is 0 e. The van der Waals surface area contributed by atoms with Crippen molar-refractivity contribution in [1.29, 1.82) is 0 Å². The van der Waals surface area contributed by atoms with E-state index in [4.69, 9.17) is 0 Å². The van der Waals surface area contributed by atoms with E-state index < -0.39 is 0 Å². The van der Waals surface area contributed by atoms with Crippen LogP contribution in [0.25, 0.3) is 0 Å². The topological polar surface area (TPSA) is 0 Å². The Balaban J connectivity index is 0. The first-order valence-corrected chi connectivity index (χ1v) is 1.71. The van der Waals surface area contributed by atoms with Gasteiger partial charge in [0.05, 0.1) is 0 Å². The van der Waals surface area contributed by atoms with Crippen molar-refractivity contribution in [2.75, 3.05) is 0 Å². The molecule has 0 aliphatic rings. The summed E-state index contributed by atoms with van der Waals surface area (Å²) in [5, 5.41) is 0. The monoisotopic (exact) mass is 147 g/mol. The second-order valence-corrected chi connectivity index (χ2v) is 0.854. The Hall–Kier alpha value is 0.883. The summed E-state index contributed by atoms with van der Waals surface area (Å²) in [6.07, 6.45) is 2.28. The first-order valence-electron chi connectivity index (χ1n) is 1.71. The fourth-order valence-electron chi connectivity index (χ4n) is 0. The van der Waals surface area contributed by atoms with Gasteiger partial charge in [-0.25, -0.2) is 0 Å². The molecule has 0 aliphatic carbocycles. The van der Waals surface area contributed by atoms with Gasteiger partial charge in [0.1, 0.15) is 0 Å². The van der Waals surface area contributed by atoms with Crippen molar-refractivity contribution in [3.63, 3.8) is 0 Å². The van der Waals surface area contributed by atoms with Crippen molar-refractivity contribution in [2.45, 2.75) is 19.8 Å². The molecule has 0 amide bonds. The number of hydrogen-bond acceptors (Lipinski definition) is 0. The van der Waals surface area contributed by atoms with E-state index in [1.54, 1.807) is 0 Å². The van der Waals surface area contributed by atoms with Gasteiger partial charge in [-0.3, -0.25) is 0 Å². The van der Waals surface area contributed by atoms with Gasteiger partial charge in [0.2, 0.25) is 0 Å². The summed E-state index contributed by atoms with van der Waals surface area (Å²) in [6, 6.07) is 0. The Kier molecular flexibility index (Phi) is 16.5. The Morgan fingerprint density at radius 2 is 1.80 bits per heavy atom. The molecule has 0 heterocycles. The summed E-state index contributed by atoms with van der Waals surface area (Å²) in [7, 11) is 0. The van der Waals surface area contributed by atoms with Crippen LogP contribution in [0.15, 0.2) is 0 Å². The quantitative estimate of drug-likeness (QED) is 0.496. The maximum absolute atomic E-state index is 3.60. The maximum atomic E-state index is 3.60. The molecule has 0 aromatic rings. The summed E-state index contributed by atoms with van der Waals surface area (Å²) >= 11 is 0. The first kappa shape index (κ1) is 9.30. The first-order chi connectivity index (χ1) is 1.91. The zero-order chi connectivity index (χ0) is 3.41. The molecular formula is C4H9Zr-. The zero-order valence-corrected chi connectivity index (χ0v) is 6.08. The summed E-state index contributed by atoms with van der Waals surface area (Å²) in [5.74, 6) is 0. The van der Waals surface area contributed by atoms with Crippen LogP contribution in [0.4, 0.5) is 0 Å². The average Bonchev–Trinajstić information content (AvgIpc) is 1.37. The molecule has 0 nitrogen and oxygen atoms in total. The van der Waals surface area contributed by atoms with Crippen LogP contribution in [0.3, 0.4) is 0 Å². The molecule has 0 bridgehead atoms. The van der Waals surface area contributed by atoms with Gasteiger partial charge < -0.3 is 6.92 Å². The molecule has 0 N–H and O–H groups in total. The molecule has 0 rings (SSSR count). The molecule has 0 spiro atoms. The molecule has 0 aliphatic heterocycles. The molecule has 0 saturated heterocycles. The molecule has 1 heteroatoms. The number of hydrogen-bond donors (Lipinski definition) is 0. The molecule has 0 fully saturated rings. The van der Waals surface area contributed by atoms with Crippen molar-refractivity contribution in [3.8, 4) is 0 Å². The Morgan fingerprint density at radius 1 is 1.60 bits per heavy atom. The van der Waals surface area contributed by atoms with Gasteiger partial charge in [0.15, 0.2) is 0 Å². The van der Waals surface area contributed by atoms with Gasteiger partial charge in [0.25, 0.3) is 0 Å². The Bertz CT molecular complexity index is 5.61. The van der Waals surface area contributed by atoms with E-state index in [2.05, 4.69) is 13.8 Å². The third kappa shape index (κ3) is 11.4. The van der Waals surface area contributed by atoms with Crippen LogP contribution >= 0.6 is 0 Å². The van der Waals surface area contributed by atoms with E-state index in [9.17, 15) is 0 Å². The minimum Gasteiger partial charge on any atom is -0.343 e. The zero-order valence-electron chi connectivity index (χ0n) is 3.62. The van der Waals surface area contributed by atoms with Crippen LogP contribution in [-0.4, -0.2) is 0 Å². The van der Waals surface area contributed by atoms with Crippen LogP contribution < -0.4 is 0 Å². The standard InChI is InChI=1S/C4H9.Zr/c1-3-4-2;/h1,3-4H2,2H3;/q-1;. The van der Waals surface area contributed by atoms with Crippen molar-refractivity contribution >= 4 is 0 Å². The van der Waals surface area contributed by atoms with E-state index in [1.807, 2.05) is 0 Å². The molecule has 0 radical (unpaired) electrons. The fraction of sp³-hybridized carbons (Fsp3) is 0.750. The van der Waals surface area contributed by atoms with Crippen LogP contribution in [0.1, 0.15) is 19.8 Å². The fourth-order valence-corrected chi connectivity index (χ4v) is 0. The van der Waals surface area contributed by atoms with Crippen LogP contribution in [0.2, 0.25) is 0 Å². The minimum absolute atomic E-state index is 0. The van der Waals surface area contributed by atoms with E-state index in [0.29, 0.717) is 0 Å². The number of unbranched alkanes of at least 4 members (excludes halogenated alkanes) is 1. The van der Waals surface area contributed by atoms with Gasteiger partial charge in [0, 0.05) is 26.2 Å². The van der Waals surface area contributed by atoms with E-state index in [-0.39, 0.29) is 26.2 Å². The third-order valence-corrected chi connectivity index (χ3v) is 0.354. The molecule has 0 atom stereocenters. The molecular weight excluding hydrogens is 139 g/mol. The van der Waals surface area contributed by atoms with Gasteiger partial charge in [-0.2, -0.15) is 6.42 Å². The van der Waals surface area contributed by atoms with Gasteiger partial charge in [-0.15, -0.1) is 0 Å². The molecule has 0 unspecified atom stereocenters. The van der Waals surface area contributed by atoms with Crippen molar-refractivity contribution in [3.05, 3.63) is 6.92 Å². The van der Waals surface area contributed by atoms with Crippen LogP contribution in [0, 0.1) is 6.92 Å². The SMILES string of the molecule is [CH2-]CCC.[Zr]. The van der Waals surface area contributed by atoms with Crippen molar-refractivity contribution in [1.82, 2.24) is 0 Å². The predicted molar refractivity (Wildman–Crippen MR) is 20.3 cm³/mol. The van der Waals surface area contributed by atoms with E-state index in [0.717, 1.165) is 6.42 Å². The Labute approximate surface area is 53.1 Å². The van der Waals surface area contributed by atoms with Crippen LogP contribution in [-0.2, 0) is 26.2 Å². The molecule has 0 aromatic carbocycles. The largest absolute Gasteiger partial charge is 0.343 e. The van der Waals surface area contributed by atoms with Crippen LogP contribution in [0.5, 0.6) is 0 Å². The third-order valence-electron chi connectivity index (χ3n) is 0.354. The van der Waals surface area contributed by atoms with Gasteiger partial charge in [-0.1, -0.05) is 13.3 Å². The normalized spacial score (nSPS) is 6.00.